The highest BCUT2D eigenvalue weighted by Gasteiger charge is 1.99. The second-order valence-corrected chi connectivity index (χ2v) is 2.78. The molecular weight excluding hydrogens is 162 g/mol. The molecule has 0 bridgehead atoms. The quantitative estimate of drug-likeness (QED) is 0.674. The Kier molecular flexibility index (Phi) is 2.85. The molecule has 1 heterocycles. The van der Waals surface area contributed by atoms with Gasteiger partial charge in [-0.15, -0.1) is 0 Å². The van der Waals surface area contributed by atoms with Crippen LogP contribution in [0.4, 0.5) is 0 Å². The summed E-state index contributed by atoms with van der Waals surface area (Å²) in [6.07, 6.45) is 5.58. The molecule has 13 heavy (non-hydrogen) atoms. The van der Waals surface area contributed by atoms with Crippen molar-refractivity contribution in [2.24, 2.45) is 7.05 Å². The predicted octanol–water partition coefficient (Wildman–Crippen LogP) is 2.06. The monoisotopic (exact) mass is 175 g/mol. The first-order valence-corrected chi connectivity index (χ1v) is 4.16. The zero-order valence-corrected chi connectivity index (χ0v) is 7.95. The summed E-state index contributed by atoms with van der Waals surface area (Å²) in [6, 6.07) is 3.36. The van der Waals surface area contributed by atoms with Crippen molar-refractivity contribution in [2.75, 3.05) is 0 Å². The predicted molar refractivity (Wildman–Crippen MR) is 56.5 cm³/mol. The Labute approximate surface area is 77.8 Å². The average Bonchev–Trinajstić information content (AvgIpc) is 2.12. The van der Waals surface area contributed by atoms with E-state index < -0.39 is 0 Å². The van der Waals surface area contributed by atoms with Gasteiger partial charge in [0.05, 0.1) is 5.69 Å². The van der Waals surface area contributed by atoms with Gasteiger partial charge in [0.1, 0.15) is 0 Å². The van der Waals surface area contributed by atoms with Gasteiger partial charge in [0.2, 0.25) is 0 Å². The van der Waals surface area contributed by atoms with E-state index >= 15 is 0 Å². The van der Waals surface area contributed by atoms with E-state index in [1.54, 1.807) is 29.8 Å². The second-order valence-electron chi connectivity index (χ2n) is 2.78. The van der Waals surface area contributed by atoms with Crippen LogP contribution in [0.5, 0.6) is 0 Å². The summed E-state index contributed by atoms with van der Waals surface area (Å²) in [4.78, 5) is 11.2. The first-order chi connectivity index (χ1) is 6.20. The maximum atomic E-state index is 11.2. The molecule has 0 saturated carbocycles. The molecule has 1 aromatic heterocycles. The molecule has 0 radical (unpaired) electrons. The van der Waals surface area contributed by atoms with Crippen molar-refractivity contribution in [3.63, 3.8) is 0 Å². The number of hydrogen-bond acceptors (Lipinski definition) is 1. The van der Waals surface area contributed by atoms with Crippen LogP contribution in [0.3, 0.4) is 0 Å². The van der Waals surface area contributed by atoms with Gasteiger partial charge in [-0.05, 0) is 24.6 Å². The number of rotatable bonds is 2. The Balaban J connectivity index is 3.46. The minimum Gasteiger partial charge on any atom is -0.311 e. The lowest BCUT2D eigenvalue weighted by molar-refractivity contribution is 0.846. The lowest BCUT2D eigenvalue weighted by Gasteiger charge is -2.06. The summed E-state index contributed by atoms with van der Waals surface area (Å²) in [6.45, 7) is 5.62. The molecule has 0 spiro atoms. The van der Waals surface area contributed by atoms with E-state index in [-0.39, 0.29) is 5.56 Å². The van der Waals surface area contributed by atoms with Crippen LogP contribution in [-0.4, -0.2) is 4.57 Å². The van der Waals surface area contributed by atoms with E-state index in [9.17, 15) is 4.79 Å². The summed E-state index contributed by atoms with van der Waals surface area (Å²) in [5.41, 5.74) is 1.85. The Morgan fingerprint density at radius 2 is 2.15 bits per heavy atom. The van der Waals surface area contributed by atoms with E-state index in [1.165, 1.54) is 0 Å². The van der Waals surface area contributed by atoms with Crippen molar-refractivity contribution in [2.45, 2.75) is 6.92 Å². The van der Waals surface area contributed by atoms with E-state index in [1.807, 2.05) is 19.1 Å². The molecule has 0 atom stereocenters. The highest BCUT2D eigenvalue weighted by atomic mass is 16.1. The van der Waals surface area contributed by atoms with Crippen molar-refractivity contribution < 1.29 is 0 Å². The molecule has 0 fully saturated rings. The van der Waals surface area contributed by atoms with Gasteiger partial charge >= 0.3 is 0 Å². The Morgan fingerprint density at radius 3 is 2.69 bits per heavy atom. The fraction of sp³-hybridized carbons (Fsp3) is 0.182. The maximum Gasteiger partial charge on any atom is 0.250 e. The fourth-order valence-corrected chi connectivity index (χ4v) is 1.25. The van der Waals surface area contributed by atoms with Crippen LogP contribution in [0.1, 0.15) is 18.2 Å². The van der Waals surface area contributed by atoms with Crippen LogP contribution in [0.25, 0.3) is 12.2 Å². The minimum absolute atomic E-state index is 0.0110. The molecule has 0 amide bonds. The molecule has 1 aromatic rings. The SMILES string of the molecule is C=Cc1c(/C=C\C)ccc(=O)n1C. The van der Waals surface area contributed by atoms with Crippen molar-refractivity contribution in [3.05, 3.63) is 46.4 Å². The zero-order chi connectivity index (χ0) is 9.84. The standard InChI is InChI=1S/C11H13NO/c1-4-6-9-7-8-11(13)12(3)10(9)5-2/h4-8H,2H2,1,3H3/b6-4-. The van der Waals surface area contributed by atoms with Crippen molar-refractivity contribution >= 4 is 12.2 Å². The van der Waals surface area contributed by atoms with E-state index in [0.717, 1.165) is 11.3 Å². The molecule has 0 aliphatic heterocycles. The highest BCUT2D eigenvalue weighted by molar-refractivity contribution is 5.61. The van der Waals surface area contributed by atoms with Crippen LogP contribution in [0.2, 0.25) is 0 Å². The van der Waals surface area contributed by atoms with Crippen LogP contribution < -0.4 is 5.56 Å². The maximum absolute atomic E-state index is 11.2. The molecule has 0 N–H and O–H groups in total. The summed E-state index contributed by atoms with van der Waals surface area (Å²) < 4.78 is 1.59. The third-order valence-corrected chi connectivity index (χ3v) is 1.93. The lowest BCUT2D eigenvalue weighted by atomic mass is 10.1. The second kappa shape index (κ2) is 3.90. The molecule has 0 aliphatic rings. The van der Waals surface area contributed by atoms with Crippen molar-refractivity contribution in [1.29, 1.82) is 0 Å². The van der Waals surface area contributed by atoms with Crippen LogP contribution in [-0.2, 0) is 7.05 Å². The third-order valence-electron chi connectivity index (χ3n) is 1.93. The molecule has 1 rings (SSSR count). The lowest BCUT2D eigenvalue weighted by Crippen LogP contribution is -2.18. The highest BCUT2D eigenvalue weighted by Crippen LogP contribution is 2.08. The zero-order valence-electron chi connectivity index (χ0n) is 7.95. The van der Waals surface area contributed by atoms with E-state index in [2.05, 4.69) is 6.58 Å². The Morgan fingerprint density at radius 1 is 1.46 bits per heavy atom. The van der Waals surface area contributed by atoms with Crippen LogP contribution in [0.15, 0.2) is 29.6 Å². The van der Waals surface area contributed by atoms with Crippen molar-refractivity contribution in [3.8, 4) is 0 Å². The van der Waals surface area contributed by atoms with Gasteiger partial charge in [-0.2, -0.15) is 0 Å². The van der Waals surface area contributed by atoms with Gasteiger partial charge in [-0.25, -0.2) is 0 Å². The normalized spacial score (nSPS) is 10.6. The smallest absolute Gasteiger partial charge is 0.250 e. The fourth-order valence-electron chi connectivity index (χ4n) is 1.25. The molecule has 0 aliphatic carbocycles. The van der Waals surface area contributed by atoms with Gasteiger partial charge in [0, 0.05) is 13.1 Å². The first-order valence-electron chi connectivity index (χ1n) is 4.16. The average molecular weight is 175 g/mol. The van der Waals surface area contributed by atoms with Gasteiger partial charge in [0.15, 0.2) is 0 Å². The van der Waals surface area contributed by atoms with Gasteiger partial charge in [-0.3, -0.25) is 4.79 Å². The Bertz CT molecular complexity index is 399. The summed E-state index contributed by atoms with van der Waals surface area (Å²) in [5, 5.41) is 0. The molecule has 68 valence electrons. The van der Waals surface area contributed by atoms with Crippen LogP contribution >= 0.6 is 0 Å². The molecular formula is C11H13NO. The molecule has 0 unspecified atom stereocenters. The number of nitrogens with zero attached hydrogens (tertiary/aromatic N) is 1. The molecule has 0 aromatic carbocycles. The van der Waals surface area contributed by atoms with Gasteiger partial charge < -0.3 is 4.57 Å². The van der Waals surface area contributed by atoms with Crippen LogP contribution in [0, 0.1) is 0 Å². The van der Waals surface area contributed by atoms with Gasteiger partial charge in [0.25, 0.3) is 5.56 Å². The number of hydrogen-bond donors (Lipinski definition) is 0. The molecule has 2 nitrogen and oxygen atoms in total. The number of aromatic nitrogens is 1. The molecule has 2 heteroatoms. The number of allylic oxidation sites excluding steroid dienone is 1. The third kappa shape index (κ3) is 1.78. The topological polar surface area (TPSA) is 22.0 Å². The van der Waals surface area contributed by atoms with E-state index in [0.29, 0.717) is 0 Å². The summed E-state index contributed by atoms with van der Waals surface area (Å²) in [7, 11) is 1.74. The largest absolute Gasteiger partial charge is 0.311 e. The van der Waals surface area contributed by atoms with E-state index in [4.69, 9.17) is 0 Å². The minimum atomic E-state index is -0.0110. The van der Waals surface area contributed by atoms with Gasteiger partial charge in [-0.1, -0.05) is 18.7 Å². The summed E-state index contributed by atoms with van der Waals surface area (Å²) >= 11 is 0. The molecule has 0 saturated heterocycles. The summed E-state index contributed by atoms with van der Waals surface area (Å²) in [5.74, 6) is 0. The number of pyridine rings is 1. The first kappa shape index (κ1) is 9.52. The van der Waals surface area contributed by atoms with Crippen molar-refractivity contribution in [1.82, 2.24) is 4.57 Å². The Hall–Kier alpha value is -1.57.